The van der Waals surface area contributed by atoms with E-state index in [1.165, 1.54) is 25.1 Å². The molecule has 2 aromatic carbocycles. The van der Waals surface area contributed by atoms with Gasteiger partial charge < -0.3 is 20.5 Å². The SMILES string of the molecule is CC(=O)c1ccc(NCCCC[C@H](NC(=O)OCc2ccccc2)C(=O)O)c([N+](=O)[O-])c1. The molecule has 0 aliphatic rings. The molecule has 0 aliphatic heterocycles. The van der Waals surface area contributed by atoms with Gasteiger partial charge in [-0.2, -0.15) is 0 Å². The third kappa shape index (κ3) is 7.71. The zero-order valence-electron chi connectivity index (χ0n) is 17.6. The number of Topliss-reactive ketones (excluding diaryl/α,β-unsaturated/α-hetero) is 1. The van der Waals surface area contributed by atoms with Gasteiger partial charge in [0.05, 0.1) is 4.92 Å². The second kappa shape index (κ2) is 12.0. The lowest BCUT2D eigenvalue weighted by Gasteiger charge is -2.15. The van der Waals surface area contributed by atoms with Crippen molar-refractivity contribution in [2.24, 2.45) is 0 Å². The molecule has 1 amide bonds. The van der Waals surface area contributed by atoms with E-state index < -0.39 is 23.0 Å². The lowest BCUT2D eigenvalue weighted by Crippen LogP contribution is -2.41. The summed E-state index contributed by atoms with van der Waals surface area (Å²) in [4.78, 5) is 45.4. The van der Waals surface area contributed by atoms with Gasteiger partial charge in [-0.25, -0.2) is 9.59 Å². The Kier molecular flexibility index (Phi) is 9.15. The minimum Gasteiger partial charge on any atom is -0.480 e. The van der Waals surface area contributed by atoms with Crippen molar-refractivity contribution >= 4 is 29.2 Å². The number of ether oxygens (including phenoxy) is 1. The Morgan fingerprint density at radius 3 is 2.47 bits per heavy atom. The number of hydrogen-bond donors (Lipinski definition) is 3. The largest absolute Gasteiger partial charge is 0.480 e. The Hall–Kier alpha value is -3.95. The molecule has 0 spiro atoms. The van der Waals surface area contributed by atoms with Crippen LogP contribution in [0, 0.1) is 10.1 Å². The fraction of sp³-hybridized carbons (Fsp3) is 0.318. The van der Waals surface area contributed by atoms with Gasteiger partial charge in [-0.05, 0) is 43.9 Å². The summed E-state index contributed by atoms with van der Waals surface area (Å²) in [5.41, 5.74) is 1.10. The average Bonchev–Trinajstić information content (AvgIpc) is 2.77. The van der Waals surface area contributed by atoms with E-state index in [2.05, 4.69) is 10.6 Å². The molecule has 0 saturated heterocycles. The highest BCUT2D eigenvalue weighted by Crippen LogP contribution is 2.26. The smallest absolute Gasteiger partial charge is 0.408 e. The highest BCUT2D eigenvalue weighted by molar-refractivity contribution is 5.95. The molecule has 0 aliphatic carbocycles. The minimum atomic E-state index is -1.18. The van der Waals surface area contributed by atoms with Crippen LogP contribution >= 0.6 is 0 Å². The van der Waals surface area contributed by atoms with Crippen LogP contribution in [0.3, 0.4) is 0 Å². The summed E-state index contributed by atoms with van der Waals surface area (Å²) in [6.07, 6.45) is 0.307. The summed E-state index contributed by atoms with van der Waals surface area (Å²) in [6, 6.07) is 12.1. The molecule has 1 atom stereocenters. The number of nitro benzene ring substituents is 1. The number of carbonyl (C=O) groups is 3. The topological polar surface area (TPSA) is 148 Å². The second-order valence-corrected chi connectivity index (χ2v) is 7.06. The summed E-state index contributed by atoms with van der Waals surface area (Å²) in [5, 5.41) is 25.8. The Morgan fingerprint density at radius 1 is 1.12 bits per heavy atom. The van der Waals surface area contributed by atoms with Crippen LogP contribution in [0.2, 0.25) is 0 Å². The first kappa shape index (κ1) is 24.3. The van der Waals surface area contributed by atoms with Crippen molar-refractivity contribution in [1.29, 1.82) is 0 Å². The quantitative estimate of drug-likeness (QED) is 0.194. The van der Waals surface area contributed by atoms with Crippen LogP contribution in [0.1, 0.15) is 42.1 Å². The monoisotopic (exact) mass is 443 g/mol. The lowest BCUT2D eigenvalue weighted by atomic mass is 10.1. The van der Waals surface area contributed by atoms with Crippen molar-refractivity contribution in [2.45, 2.75) is 38.8 Å². The van der Waals surface area contributed by atoms with Crippen LogP contribution in [-0.2, 0) is 16.1 Å². The highest BCUT2D eigenvalue weighted by Gasteiger charge is 2.20. The van der Waals surface area contributed by atoms with Crippen LogP contribution in [0.4, 0.5) is 16.2 Å². The number of carboxylic acids is 1. The van der Waals surface area contributed by atoms with E-state index in [-0.39, 0.29) is 35.7 Å². The molecule has 3 N–H and O–H groups in total. The van der Waals surface area contributed by atoms with Gasteiger partial charge in [-0.3, -0.25) is 14.9 Å². The third-order valence-corrected chi connectivity index (χ3v) is 4.64. The Balaban J connectivity index is 1.78. The molecule has 2 rings (SSSR count). The zero-order valence-corrected chi connectivity index (χ0v) is 17.6. The number of nitrogens with zero attached hydrogens (tertiary/aromatic N) is 1. The molecule has 0 radical (unpaired) electrons. The second-order valence-electron chi connectivity index (χ2n) is 7.06. The third-order valence-electron chi connectivity index (χ3n) is 4.64. The molecule has 0 aromatic heterocycles. The molecular weight excluding hydrogens is 418 g/mol. The fourth-order valence-electron chi connectivity index (χ4n) is 2.91. The number of carboxylic acid groups (broad SMARTS) is 1. The fourth-order valence-corrected chi connectivity index (χ4v) is 2.91. The summed E-state index contributed by atoms with van der Waals surface area (Å²) >= 11 is 0. The van der Waals surface area contributed by atoms with Gasteiger partial charge >= 0.3 is 12.1 Å². The van der Waals surface area contributed by atoms with E-state index >= 15 is 0 Å². The highest BCUT2D eigenvalue weighted by atomic mass is 16.6. The van der Waals surface area contributed by atoms with Gasteiger partial charge in [0, 0.05) is 18.2 Å². The van der Waals surface area contributed by atoms with Gasteiger partial charge in [0.15, 0.2) is 5.78 Å². The van der Waals surface area contributed by atoms with Gasteiger partial charge in [-0.15, -0.1) is 0 Å². The van der Waals surface area contributed by atoms with Crippen molar-refractivity contribution in [3.05, 3.63) is 69.8 Å². The van der Waals surface area contributed by atoms with Gasteiger partial charge in [0.25, 0.3) is 5.69 Å². The van der Waals surface area contributed by atoms with Gasteiger partial charge in [0.2, 0.25) is 0 Å². The van der Waals surface area contributed by atoms with E-state index in [1.54, 1.807) is 24.3 Å². The Morgan fingerprint density at radius 2 is 1.84 bits per heavy atom. The molecule has 0 unspecified atom stereocenters. The molecule has 0 bridgehead atoms. The molecule has 170 valence electrons. The van der Waals surface area contributed by atoms with E-state index in [1.807, 2.05) is 6.07 Å². The number of carbonyl (C=O) groups excluding carboxylic acids is 2. The number of aliphatic carboxylic acids is 1. The number of benzene rings is 2. The van der Waals surface area contributed by atoms with Crippen LogP contribution in [0.5, 0.6) is 0 Å². The number of amides is 1. The molecule has 0 fully saturated rings. The summed E-state index contributed by atoms with van der Waals surface area (Å²) in [5.74, 6) is -1.45. The van der Waals surface area contributed by atoms with Crippen LogP contribution in [-0.4, -0.2) is 40.5 Å². The maximum Gasteiger partial charge on any atom is 0.408 e. The number of unbranched alkanes of at least 4 members (excludes halogenated alkanes) is 1. The van der Waals surface area contributed by atoms with Crippen molar-refractivity contribution < 1.29 is 29.2 Å². The maximum absolute atomic E-state index is 11.9. The predicted molar refractivity (Wildman–Crippen MR) is 117 cm³/mol. The molecule has 10 nitrogen and oxygen atoms in total. The van der Waals surface area contributed by atoms with E-state index in [4.69, 9.17) is 4.74 Å². The van der Waals surface area contributed by atoms with Crippen molar-refractivity contribution in [1.82, 2.24) is 5.32 Å². The molecule has 2 aromatic rings. The standard InChI is InChI=1S/C22H25N3O7/c1-15(26)17-10-11-18(20(13-17)25(30)31)23-12-6-5-9-19(21(27)28)24-22(29)32-14-16-7-3-2-4-8-16/h2-4,7-8,10-11,13,19,23H,5-6,9,12,14H2,1H3,(H,24,29)(H,27,28)/t19-/m0/s1. The normalized spacial score (nSPS) is 11.3. The lowest BCUT2D eigenvalue weighted by molar-refractivity contribution is -0.384. The molecule has 0 saturated carbocycles. The molecule has 0 heterocycles. The zero-order chi connectivity index (χ0) is 23.5. The van der Waals surface area contributed by atoms with Gasteiger partial charge in [-0.1, -0.05) is 30.3 Å². The van der Waals surface area contributed by atoms with Crippen molar-refractivity contribution in [3.63, 3.8) is 0 Å². The molecule has 10 heteroatoms. The van der Waals surface area contributed by atoms with Crippen molar-refractivity contribution in [2.75, 3.05) is 11.9 Å². The predicted octanol–water partition coefficient (Wildman–Crippen LogP) is 3.76. The first-order chi connectivity index (χ1) is 15.3. The number of alkyl carbamates (subject to hydrolysis) is 1. The van der Waals surface area contributed by atoms with Crippen LogP contribution in [0.25, 0.3) is 0 Å². The summed E-state index contributed by atoms with van der Waals surface area (Å²) in [7, 11) is 0. The Labute approximate surface area is 184 Å². The average molecular weight is 443 g/mol. The van der Waals surface area contributed by atoms with Gasteiger partial charge in [0.1, 0.15) is 18.3 Å². The number of nitrogens with one attached hydrogen (secondary N) is 2. The number of hydrogen-bond acceptors (Lipinski definition) is 7. The maximum atomic E-state index is 11.9. The Bertz CT molecular complexity index is 963. The van der Waals surface area contributed by atoms with E-state index in [0.717, 1.165) is 5.56 Å². The van der Waals surface area contributed by atoms with E-state index in [0.29, 0.717) is 19.4 Å². The number of rotatable bonds is 12. The number of ketones is 1. The number of nitro groups is 1. The first-order valence-electron chi connectivity index (χ1n) is 10.0. The molecule has 32 heavy (non-hydrogen) atoms. The summed E-state index contributed by atoms with van der Waals surface area (Å²) < 4.78 is 5.04. The van der Waals surface area contributed by atoms with Crippen LogP contribution < -0.4 is 10.6 Å². The van der Waals surface area contributed by atoms with Crippen LogP contribution in [0.15, 0.2) is 48.5 Å². The van der Waals surface area contributed by atoms with E-state index in [9.17, 15) is 29.6 Å². The van der Waals surface area contributed by atoms with Crippen molar-refractivity contribution in [3.8, 4) is 0 Å². The number of anilines is 1. The molecular formula is C22H25N3O7. The minimum absolute atomic E-state index is 0.0319. The summed E-state index contributed by atoms with van der Waals surface area (Å²) in [6.45, 7) is 1.71. The first-order valence-corrected chi connectivity index (χ1v) is 10.0.